The van der Waals surface area contributed by atoms with E-state index in [1.54, 1.807) is 17.2 Å². The SMILES string of the molecule is C=CSCC(N)NC. The number of thioether (sulfide) groups is 1. The second kappa shape index (κ2) is 5.15. The van der Waals surface area contributed by atoms with Gasteiger partial charge in [-0.1, -0.05) is 6.58 Å². The Morgan fingerprint density at radius 3 is 3.00 bits per heavy atom. The van der Waals surface area contributed by atoms with Crippen LogP contribution in [0.15, 0.2) is 12.0 Å². The lowest BCUT2D eigenvalue weighted by molar-refractivity contribution is 0.649. The first-order valence-corrected chi connectivity index (χ1v) is 3.51. The molecule has 0 saturated heterocycles. The van der Waals surface area contributed by atoms with E-state index in [9.17, 15) is 0 Å². The molecule has 0 rings (SSSR count). The van der Waals surface area contributed by atoms with Gasteiger partial charge in [-0.25, -0.2) is 0 Å². The quantitative estimate of drug-likeness (QED) is 0.543. The number of nitrogens with one attached hydrogen (secondary N) is 1. The molecular formula is C5H12N2S. The summed E-state index contributed by atoms with van der Waals surface area (Å²) in [5.74, 6) is 0.889. The van der Waals surface area contributed by atoms with E-state index in [0.717, 1.165) is 5.75 Å². The van der Waals surface area contributed by atoms with Crippen molar-refractivity contribution in [3.05, 3.63) is 12.0 Å². The van der Waals surface area contributed by atoms with E-state index in [1.165, 1.54) is 0 Å². The molecule has 0 aromatic rings. The molecule has 0 aliphatic heterocycles. The fourth-order valence-electron chi connectivity index (χ4n) is 0.255. The molecule has 0 fully saturated rings. The number of rotatable bonds is 4. The molecule has 0 heterocycles. The predicted octanol–water partition coefficient (Wildman–Crippen LogP) is 0.367. The average molecular weight is 132 g/mol. The molecule has 0 amide bonds. The van der Waals surface area contributed by atoms with Crippen molar-refractivity contribution in [1.82, 2.24) is 5.32 Å². The van der Waals surface area contributed by atoms with E-state index in [1.807, 2.05) is 7.05 Å². The summed E-state index contributed by atoms with van der Waals surface area (Å²) >= 11 is 1.62. The fraction of sp³-hybridized carbons (Fsp3) is 0.600. The Bertz CT molecular complexity index is 65.4. The van der Waals surface area contributed by atoms with Gasteiger partial charge in [0.25, 0.3) is 0 Å². The molecule has 0 aliphatic rings. The van der Waals surface area contributed by atoms with Crippen molar-refractivity contribution in [3.8, 4) is 0 Å². The third-order valence-corrected chi connectivity index (χ3v) is 1.55. The Balaban J connectivity index is 2.97. The molecule has 0 radical (unpaired) electrons. The highest BCUT2D eigenvalue weighted by molar-refractivity contribution is 8.02. The summed E-state index contributed by atoms with van der Waals surface area (Å²) in [6.45, 7) is 3.55. The minimum absolute atomic E-state index is 0.0954. The Morgan fingerprint density at radius 1 is 2.00 bits per heavy atom. The lowest BCUT2D eigenvalue weighted by Crippen LogP contribution is -2.36. The van der Waals surface area contributed by atoms with Crippen LogP contribution in [0.3, 0.4) is 0 Å². The van der Waals surface area contributed by atoms with Gasteiger partial charge in [0.2, 0.25) is 0 Å². The molecule has 0 aliphatic carbocycles. The van der Waals surface area contributed by atoms with Crippen LogP contribution in [0, 0.1) is 0 Å². The monoisotopic (exact) mass is 132 g/mol. The molecule has 3 heteroatoms. The first kappa shape index (κ1) is 8.01. The zero-order valence-corrected chi connectivity index (χ0v) is 5.87. The van der Waals surface area contributed by atoms with Gasteiger partial charge in [0.15, 0.2) is 0 Å². The summed E-state index contributed by atoms with van der Waals surface area (Å²) in [6.07, 6.45) is 0.0954. The Morgan fingerprint density at radius 2 is 2.62 bits per heavy atom. The van der Waals surface area contributed by atoms with Crippen molar-refractivity contribution in [2.75, 3.05) is 12.8 Å². The summed E-state index contributed by atoms with van der Waals surface area (Å²) in [7, 11) is 1.84. The molecule has 3 N–H and O–H groups in total. The second-order valence-corrected chi connectivity index (χ2v) is 2.40. The molecule has 1 unspecified atom stereocenters. The number of nitrogens with two attached hydrogens (primary N) is 1. The largest absolute Gasteiger partial charge is 0.315 e. The topological polar surface area (TPSA) is 38.0 Å². The normalized spacial score (nSPS) is 13.2. The van der Waals surface area contributed by atoms with Gasteiger partial charge in [-0.3, -0.25) is 0 Å². The van der Waals surface area contributed by atoms with Crippen LogP contribution >= 0.6 is 11.8 Å². The van der Waals surface area contributed by atoms with Gasteiger partial charge < -0.3 is 11.1 Å². The maximum absolute atomic E-state index is 5.48. The molecule has 2 nitrogen and oxygen atoms in total. The third kappa shape index (κ3) is 4.18. The van der Waals surface area contributed by atoms with E-state index in [0.29, 0.717) is 0 Å². The Kier molecular flexibility index (Phi) is 5.16. The zero-order chi connectivity index (χ0) is 6.41. The fourth-order valence-corrected chi connectivity index (χ4v) is 0.765. The van der Waals surface area contributed by atoms with Gasteiger partial charge >= 0.3 is 0 Å². The maximum atomic E-state index is 5.48. The molecule has 0 aromatic carbocycles. The highest BCUT2D eigenvalue weighted by Crippen LogP contribution is 1.98. The summed E-state index contributed by atoms with van der Waals surface area (Å²) in [4.78, 5) is 0. The van der Waals surface area contributed by atoms with Crippen LogP contribution in [-0.2, 0) is 0 Å². The van der Waals surface area contributed by atoms with Crippen LogP contribution in [0.1, 0.15) is 0 Å². The van der Waals surface area contributed by atoms with E-state index in [-0.39, 0.29) is 6.17 Å². The molecule has 1 atom stereocenters. The molecule has 0 bridgehead atoms. The molecular weight excluding hydrogens is 120 g/mol. The van der Waals surface area contributed by atoms with Crippen molar-refractivity contribution < 1.29 is 0 Å². The predicted molar refractivity (Wildman–Crippen MR) is 39.7 cm³/mol. The van der Waals surface area contributed by atoms with E-state index < -0.39 is 0 Å². The Hall–Kier alpha value is 0.01000. The molecule has 0 spiro atoms. The summed E-state index contributed by atoms with van der Waals surface area (Å²) < 4.78 is 0. The number of hydrogen-bond donors (Lipinski definition) is 2. The third-order valence-electron chi connectivity index (χ3n) is 0.764. The molecule has 0 aromatic heterocycles. The highest BCUT2D eigenvalue weighted by atomic mass is 32.2. The summed E-state index contributed by atoms with van der Waals surface area (Å²) in [5.41, 5.74) is 5.48. The van der Waals surface area contributed by atoms with Gasteiger partial charge in [0, 0.05) is 5.75 Å². The van der Waals surface area contributed by atoms with E-state index in [4.69, 9.17) is 5.73 Å². The molecule has 0 saturated carbocycles. The van der Waals surface area contributed by atoms with Gasteiger partial charge in [-0.05, 0) is 12.5 Å². The molecule has 8 heavy (non-hydrogen) atoms. The van der Waals surface area contributed by atoms with Crippen molar-refractivity contribution in [1.29, 1.82) is 0 Å². The van der Waals surface area contributed by atoms with Crippen molar-refractivity contribution in [2.45, 2.75) is 6.17 Å². The van der Waals surface area contributed by atoms with Crippen molar-refractivity contribution >= 4 is 11.8 Å². The lowest BCUT2D eigenvalue weighted by atomic mass is 10.6. The van der Waals surface area contributed by atoms with Gasteiger partial charge in [-0.2, -0.15) is 0 Å². The van der Waals surface area contributed by atoms with Crippen LogP contribution in [-0.4, -0.2) is 19.0 Å². The minimum atomic E-state index is 0.0954. The summed E-state index contributed by atoms with van der Waals surface area (Å²) in [6, 6.07) is 0. The van der Waals surface area contributed by atoms with Crippen LogP contribution < -0.4 is 11.1 Å². The van der Waals surface area contributed by atoms with Crippen molar-refractivity contribution in [3.63, 3.8) is 0 Å². The zero-order valence-electron chi connectivity index (χ0n) is 5.05. The van der Waals surface area contributed by atoms with Crippen molar-refractivity contribution in [2.24, 2.45) is 5.73 Å². The first-order valence-electron chi connectivity index (χ1n) is 2.46. The van der Waals surface area contributed by atoms with Crippen LogP contribution in [0.4, 0.5) is 0 Å². The Labute approximate surface area is 54.5 Å². The van der Waals surface area contributed by atoms with E-state index >= 15 is 0 Å². The summed E-state index contributed by atoms with van der Waals surface area (Å²) in [5, 5.41) is 4.70. The van der Waals surface area contributed by atoms with E-state index in [2.05, 4.69) is 11.9 Å². The standard InChI is InChI=1S/C5H12N2S/c1-3-8-4-5(6)7-2/h3,5,7H,1,4,6H2,2H3. The van der Waals surface area contributed by atoms with Crippen LogP contribution in [0.5, 0.6) is 0 Å². The van der Waals surface area contributed by atoms with Gasteiger partial charge in [0.1, 0.15) is 0 Å². The van der Waals surface area contributed by atoms with Gasteiger partial charge in [-0.15, -0.1) is 11.8 Å². The highest BCUT2D eigenvalue weighted by Gasteiger charge is 1.92. The first-order chi connectivity index (χ1) is 3.81. The minimum Gasteiger partial charge on any atom is -0.315 e. The van der Waals surface area contributed by atoms with Crippen LogP contribution in [0.2, 0.25) is 0 Å². The van der Waals surface area contributed by atoms with Gasteiger partial charge in [0.05, 0.1) is 6.17 Å². The average Bonchev–Trinajstić information content (AvgIpc) is 1.83. The second-order valence-electron chi connectivity index (χ2n) is 1.40. The maximum Gasteiger partial charge on any atom is 0.0640 e. The lowest BCUT2D eigenvalue weighted by Gasteiger charge is -2.05. The molecule has 48 valence electrons. The van der Waals surface area contributed by atoms with Crippen LogP contribution in [0.25, 0.3) is 0 Å². The smallest absolute Gasteiger partial charge is 0.0640 e. The number of hydrogen-bond acceptors (Lipinski definition) is 3.